The van der Waals surface area contributed by atoms with Crippen LogP contribution >= 0.6 is 15.6 Å². The van der Waals surface area contributed by atoms with Gasteiger partial charge in [0.1, 0.15) is 0 Å². The summed E-state index contributed by atoms with van der Waals surface area (Å²) in [4.78, 5) is 34.5. The molecule has 0 aliphatic carbocycles. The molecule has 0 bridgehead atoms. The number of nitrogens with zero attached hydrogens (tertiary/aromatic N) is 8. The van der Waals surface area contributed by atoms with Crippen molar-refractivity contribution < 1.29 is 69.8 Å². The van der Waals surface area contributed by atoms with Gasteiger partial charge in [0.25, 0.3) is 0 Å². The number of hydrogen-bond donors (Lipinski definition) is 0. The first-order chi connectivity index (χ1) is 30.7. The Morgan fingerprint density at radius 1 is 0.269 bits per heavy atom. The summed E-state index contributed by atoms with van der Waals surface area (Å²) in [5, 5.41) is 4.55. The molecule has 0 spiro atoms. The minimum atomic E-state index is -10.7. The maximum atomic E-state index is 9.87. The standard InChI is InChI=1S/C20H14N4.2C12H8N2.2F6P.Ru/c1-7-21-8-2-15(1)17-5-11-23-19(13-17)20-14-18(6-12-24-20)16-3-9-22-10-4-16;2*1-3-9-5-6-10-4-2-8-14-12(10)11(9)13-7-1;2*1-7(2,3,4,5)6;/h1-14H;2*1-8H;;;/q;;;2*-1;+2. The van der Waals surface area contributed by atoms with Crippen LogP contribution in [-0.2, 0) is 19.5 Å². The van der Waals surface area contributed by atoms with E-state index < -0.39 is 15.6 Å². The van der Waals surface area contributed by atoms with E-state index in [1.165, 1.54) is 0 Å². The predicted molar refractivity (Wildman–Crippen MR) is 235 cm³/mol. The molecule has 0 N–H and O–H groups in total. The second-order valence-corrected chi connectivity index (χ2v) is 17.5. The fourth-order valence-corrected chi connectivity index (χ4v) is 5.95. The van der Waals surface area contributed by atoms with Crippen molar-refractivity contribution in [3.05, 3.63) is 183 Å². The molecule has 0 aliphatic heterocycles. The summed E-state index contributed by atoms with van der Waals surface area (Å²) in [6, 6.07) is 40.3. The zero-order valence-electron chi connectivity index (χ0n) is 33.7. The Kier molecular flexibility index (Phi) is 14.5. The van der Waals surface area contributed by atoms with Gasteiger partial charge in [0.2, 0.25) is 0 Å². The third kappa shape index (κ3) is 18.3. The van der Waals surface area contributed by atoms with Crippen LogP contribution in [0.1, 0.15) is 0 Å². The van der Waals surface area contributed by atoms with E-state index in [1.807, 2.05) is 85.2 Å². The Labute approximate surface area is 384 Å². The van der Waals surface area contributed by atoms with E-state index in [9.17, 15) is 50.4 Å². The molecule has 0 amide bonds. The van der Waals surface area contributed by atoms with E-state index in [2.05, 4.69) is 88.4 Å². The van der Waals surface area contributed by atoms with Crippen LogP contribution in [0.5, 0.6) is 0 Å². The van der Waals surface area contributed by atoms with Crippen molar-refractivity contribution in [3.8, 4) is 33.6 Å². The fourth-order valence-electron chi connectivity index (χ4n) is 5.95. The summed E-state index contributed by atoms with van der Waals surface area (Å²) in [7, 11) is -21.3. The summed E-state index contributed by atoms with van der Waals surface area (Å²) in [5.74, 6) is 0. The van der Waals surface area contributed by atoms with Crippen LogP contribution in [-0.4, -0.2) is 39.9 Å². The van der Waals surface area contributed by atoms with Crippen LogP contribution in [0.15, 0.2) is 183 Å². The molecule has 0 fully saturated rings. The van der Waals surface area contributed by atoms with Gasteiger partial charge in [-0.2, -0.15) is 0 Å². The van der Waals surface area contributed by atoms with E-state index >= 15 is 0 Å². The molecule has 348 valence electrons. The summed E-state index contributed by atoms with van der Waals surface area (Å²) in [6.45, 7) is 0. The number of halogens is 12. The maximum Gasteiger partial charge on any atom is 2.00 e. The molecule has 2 aromatic carbocycles. The van der Waals surface area contributed by atoms with Crippen molar-refractivity contribution >= 4 is 59.2 Å². The van der Waals surface area contributed by atoms with Crippen molar-refractivity contribution in [2.75, 3.05) is 0 Å². The van der Waals surface area contributed by atoms with Gasteiger partial charge in [0.05, 0.1) is 33.5 Å². The molecular formula is C44H30F12N8P2Ru. The van der Waals surface area contributed by atoms with Gasteiger partial charge in [-0.3, -0.25) is 39.9 Å². The normalized spacial score (nSPS) is 13.1. The zero-order chi connectivity index (χ0) is 47.8. The monoisotopic (exact) mass is 1060 g/mol. The topological polar surface area (TPSA) is 103 Å². The first kappa shape index (κ1) is 51.3. The van der Waals surface area contributed by atoms with Crippen molar-refractivity contribution in [1.29, 1.82) is 0 Å². The first-order valence-corrected chi connectivity index (χ1v) is 22.8. The van der Waals surface area contributed by atoms with Crippen LogP contribution < -0.4 is 0 Å². The molecule has 8 heterocycles. The van der Waals surface area contributed by atoms with E-state index in [1.54, 1.807) is 49.6 Å². The number of fused-ring (bicyclic) bond motifs is 6. The van der Waals surface area contributed by atoms with Gasteiger partial charge in [-0.25, -0.2) is 0 Å². The Morgan fingerprint density at radius 2 is 0.507 bits per heavy atom. The Balaban J connectivity index is 0.000000169. The van der Waals surface area contributed by atoms with Crippen molar-refractivity contribution in [1.82, 2.24) is 39.9 Å². The van der Waals surface area contributed by atoms with Crippen LogP contribution in [0.3, 0.4) is 0 Å². The van der Waals surface area contributed by atoms with Crippen LogP contribution in [0.2, 0.25) is 0 Å². The SMILES string of the molecule is F[P-](F)(F)(F)(F)F.F[P-](F)(F)(F)(F)F.[Ru+2].c1cc(-c2ccnc(-c3cc(-c4ccncc4)ccn3)c2)ccn1.c1cnc2c(c1)ccc1cccnc12.c1cnc2c(c1)ccc1cccnc12. The largest absolute Gasteiger partial charge is 2.00 e. The molecule has 0 unspecified atom stereocenters. The molecule has 8 nitrogen and oxygen atoms in total. The Hall–Kier alpha value is -6.68. The summed E-state index contributed by atoms with van der Waals surface area (Å²) in [5.41, 5.74) is 10.0. The Morgan fingerprint density at radius 3 is 0.761 bits per heavy atom. The van der Waals surface area contributed by atoms with Crippen molar-refractivity contribution in [3.63, 3.8) is 0 Å². The first-order valence-electron chi connectivity index (χ1n) is 18.7. The molecule has 8 aromatic heterocycles. The number of rotatable bonds is 3. The maximum absolute atomic E-state index is 10.7. The van der Waals surface area contributed by atoms with Crippen molar-refractivity contribution in [2.24, 2.45) is 0 Å². The molecule has 10 aromatic rings. The van der Waals surface area contributed by atoms with E-state index in [0.717, 1.165) is 77.3 Å². The molecule has 0 aliphatic rings. The zero-order valence-corrected chi connectivity index (χ0v) is 37.2. The van der Waals surface area contributed by atoms with Crippen LogP contribution in [0.4, 0.5) is 50.4 Å². The number of aromatic nitrogens is 8. The van der Waals surface area contributed by atoms with E-state index in [-0.39, 0.29) is 19.5 Å². The third-order valence-corrected chi connectivity index (χ3v) is 8.50. The van der Waals surface area contributed by atoms with Gasteiger partial charge >= 0.3 is 85.5 Å². The molecular weight excluding hydrogens is 1030 g/mol. The quantitative estimate of drug-likeness (QED) is 0.0746. The average molecular weight is 1060 g/mol. The molecule has 0 radical (unpaired) electrons. The van der Waals surface area contributed by atoms with E-state index in [4.69, 9.17) is 0 Å². The summed E-state index contributed by atoms with van der Waals surface area (Å²) in [6.07, 6.45) is 18.0. The van der Waals surface area contributed by atoms with Crippen LogP contribution in [0, 0.1) is 0 Å². The van der Waals surface area contributed by atoms with Crippen LogP contribution in [0.25, 0.3) is 77.3 Å². The molecule has 67 heavy (non-hydrogen) atoms. The van der Waals surface area contributed by atoms with Gasteiger partial charge in [0.15, 0.2) is 0 Å². The predicted octanol–water partition coefficient (Wildman–Crippen LogP) is 16.6. The minimum absolute atomic E-state index is 0. The molecule has 23 heteroatoms. The van der Waals surface area contributed by atoms with Gasteiger partial charge in [-0.15, -0.1) is 0 Å². The minimum Gasteiger partial charge on any atom is -0.265 e. The molecule has 0 atom stereocenters. The fraction of sp³-hybridized carbons (Fsp3) is 0. The second-order valence-electron chi connectivity index (χ2n) is 13.7. The number of pyridine rings is 8. The second kappa shape index (κ2) is 18.9. The molecule has 0 saturated carbocycles. The van der Waals surface area contributed by atoms with Crippen molar-refractivity contribution in [2.45, 2.75) is 0 Å². The van der Waals surface area contributed by atoms with Gasteiger partial charge in [-0.05, 0) is 95.1 Å². The average Bonchev–Trinajstić information content (AvgIpc) is 3.28. The van der Waals surface area contributed by atoms with Gasteiger partial charge < -0.3 is 0 Å². The Bertz CT molecular complexity index is 2920. The molecule has 10 rings (SSSR count). The van der Waals surface area contributed by atoms with Gasteiger partial charge in [-0.1, -0.05) is 48.5 Å². The summed E-state index contributed by atoms with van der Waals surface area (Å²) >= 11 is 0. The van der Waals surface area contributed by atoms with E-state index in [0.29, 0.717) is 0 Å². The van der Waals surface area contributed by atoms with Gasteiger partial charge in [0, 0.05) is 83.5 Å². The number of benzene rings is 2. The smallest absolute Gasteiger partial charge is 0.265 e. The number of hydrogen-bond acceptors (Lipinski definition) is 8. The third-order valence-electron chi connectivity index (χ3n) is 8.50. The summed E-state index contributed by atoms with van der Waals surface area (Å²) < 4.78 is 118. The molecule has 0 saturated heterocycles.